The third-order valence-electron chi connectivity index (χ3n) is 4.74. The van der Waals surface area contributed by atoms with Crippen molar-refractivity contribution in [1.82, 2.24) is 20.2 Å². The van der Waals surface area contributed by atoms with Crippen LogP contribution in [0.15, 0.2) is 17.1 Å². The summed E-state index contributed by atoms with van der Waals surface area (Å²) in [6.45, 7) is 10.0. The SMILES string of the molecule is CC(C)CC(NC(=O)C(C)NC(=O)OC(C)(C)C)C(=O)c1ccn(C2COC(CO)O2)c(=O)n1. The van der Waals surface area contributed by atoms with Crippen molar-refractivity contribution in [1.29, 1.82) is 0 Å². The molecule has 1 aliphatic rings. The van der Waals surface area contributed by atoms with E-state index in [9.17, 15) is 19.2 Å². The molecule has 3 N–H and O–H groups in total. The number of carbonyl (C=O) groups is 3. The Bertz CT molecular complexity index is 940. The van der Waals surface area contributed by atoms with Crippen LogP contribution in [0.1, 0.15) is 64.7 Å². The second-order valence-corrected chi connectivity index (χ2v) is 9.46. The van der Waals surface area contributed by atoms with Crippen LogP contribution in [0.5, 0.6) is 0 Å². The van der Waals surface area contributed by atoms with Crippen molar-refractivity contribution < 1.29 is 33.7 Å². The van der Waals surface area contributed by atoms with E-state index in [-0.39, 0.29) is 24.8 Å². The lowest BCUT2D eigenvalue weighted by Gasteiger charge is -2.24. The molecule has 1 fully saturated rings. The maximum Gasteiger partial charge on any atom is 0.408 e. The zero-order valence-corrected chi connectivity index (χ0v) is 20.4. The molecule has 1 aliphatic heterocycles. The van der Waals surface area contributed by atoms with Gasteiger partial charge in [-0.25, -0.2) is 9.59 Å². The zero-order valence-electron chi connectivity index (χ0n) is 20.4. The number of alkyl carbamates (subject to hydrolysis) is 1. The molecule has 4 unspecified atom stereocenters. The van der Waals surface area contributed by atoms with Crippen LogP contribution in [-0.4, -0.2) is 69.6 Å². The fraction of sp³-hybridized carbons (Fsp3) is 0.682. The van der Waals surface area contributed by atoms with Crippen LogP contribution in [0.2, 0.25) is 0 Å². The Labute approximate surface area is 198 Å². The van der Waals surface area contributed by atoms with Crippen molar-refractivity contribution in [3.8, 4) is 0 Å². The Balaban J connectivity index is 2.11. The second kappa shape index (κ2) is 11.5. The molecule has 12 nitrogen and oxygen atoms in total. The van der Waals surface area contributed by atoms with Crippen molar-refractivity contribution in [3.63, 3.8) is 0 Å². The van der Waals surface area contributed by atoms with Crippen LogP contribution in [0.3, 0.4) is 0 Å². The van der Waals surface area contributed by atoms with Gasteiger partial charge < -0.3 is 30.0 Å². The molecule has 12 heteroatoms. The van der Waals surface area contributed by atoms with Crippen molar-refractivity contribution in [2.75, 3.05) is 13.2 Å². The van der Waals surface area contributed by atoms with Gasteiger partial charge in [0.25, 0.3) is 0 Å². The van der Waals surface area contributed by atoms with Crippen LogP contribution in [0.4, 0.5) is 4.79 Å². The number of aromatic nitrogens is 2. The number of aliphatic hydroxyl groups excluding tert-OH is 1. The third kappa shape index (κ3) is 7.89. The summed E-state index contributed by atoms with van der Waals surface area (Å²) in [5, 5.41) is 14.2. The van der Waals surface area contributed by atoms with Gasteiger partial charge in [0.15, 0.2) is 12.5 Å². The molecule has 4 atom stereocenters. The van der Waals surface area contributed by atoms with E-state index in [0.29, 0.717) is 6.42 Å². The predicted molar refractivity (Wildman–Crippen MR) is 120 cm³/mol. The summed E-state index contributed by atoms with van der Waals surface area (Å²) in [5.41, 5.74) is -1.57. The molecular formula is C22H34N4O8. The van der Waals surface area contributed by atoms with Gasteiger partial charge in [0.2, 0.25) is 11.7 Å². The number of aliphatic hydroxyl groups is 1. The van der Waals surface area contributed by atoms with Crippen molar-refractivity contribution >= 4 is 17.8 Å². The molecule has 0 saturated carbocycles. The molecule has 2 amide bonds. The average molecular weight is 483 g/mol. The molecule has 0 bridgehead atoms. The van der Waals surface area contributed by atoms with Crippen molar-refractivity contribution in [3.05, 3.63) is 28.4 Å². The molecular weight excluding hydrogens is 448 g/mol. The molecule has 1 aromatic rings. The number of nitrogens with zero attached hydrogens (tertiary/aromatic N) is 2. The first-order valence-electron chi connectivity index (χ1n) is 11.1. The summed E-state index contributed by atoms with van der Waals surface area (Å²) < 4.78 is 16.9. The van der Waals surface area contributed by atoms with E-state index < -0.39 is 53.7 Å². The van der Waals surface area contributed by atoms with Crippen molar-refractivity contribution in [2.24, 2.45) is 5.92 Å². The lowest BCUT2D eigenvalue weighted by atomic mass is 9.98. The van der Waals surface area contributed by atoms with E-state index in [4.69, 9.17) is 19.3 Å². The highest BCUT2D eigenvalue weighted by Gasteiger charge is 2.30. The molecule has 1 aromatic heterocycles. The minimum Gasteiger partial charge on any atom is -0.444 e. The summed E-state index contributed by atoms with van der Waals surface area (Å²) in [7, 11) is 0. The lowest BCUT2D eigenvalue weighted by Crippen LogP contribution is -2.51. The topological polar surface area (TPSA) is 158 Å². The van der Waals surface area contributed by atoms with Gasteiger partial charge >= 0.3 is 11.8 Å². The van der Waals surface area contributed by atoms with Gasteiger partial charge in [-0.2, -0.15) is 4.98 Å². The Morgan fingerprint density at radius 1 is 1.26 bits per heavy atom. The standard InChI is InChI=1S/C22H34N4O8/c1-12(2)9-15(24-19(29)13(3)23-21(31)34-22(4,5)6)18(28)14-7-8-26(20(30)25-14)16-11-32-17(10-27)33-16/h7-8,12-13,15-17,27H,9-11H2,1-6H3,(H,23,31)(H,24,29). The minimum absolute atomic E-state index is 0.0446. The lowest BCUT2D eigenvalue weighted by molar-refractivity contribution is -0.123. The molecule has 2 heterocycles. The summed E-state index contributed by atoms with van der Waals surface area (Å²) in [6, 6.07) is -0.554. The molecule has 0 spiro atoms. The highest BCUT2D eigenvalue weighted by Crippen LogP contribution is 2.19. The Morgan fingerprint density at radius 3 is 2.47 bits per heavy atom. The van der Waals surface area contributed by atoms with E-state index in [1.165, 1.54) is 19.2 Å². The normalized spacial score (nSPS) is 20.0. The Kier molecular flexibility index (Phi) is 9.30. The van der Waals surface area contributed by atoms with Gasteiger partial charge in [-0.3, -0.25) is 14.2 Å². The highest BCUT2D eigenvalue weighted by molar-refractivity contribution is 6.01. The molecule has 0 aliphatic carbocycles. The van der Waals surface area contributed by atoms with Crippen molar-refractivity contribution in [2.45, 2.75) is 78.2 Å². The largest absolute Gasteiger partial charge is 0.444 e. The number of ether oxygens (including phenoxy) is 3. The quantitative estimate of drug-likeness (QED) is 0.432. The van der Waals surface area contributed by atoms with Gasteiger partial charge in [-0.1, -0.05) is 13.8 Å². The van der Waals surface area contributed by atoms with Gasteiger partial charge in [0, 0.05) is 6.20 Å². The molecule has 0 aromatic carbocycles. The third-order valence-corrected chi connectivity index (χ3v) is 4.74. The maximum absolute atomic E-state index is 13.1. The summed E-state index contributed by atoms with van der Waals surface area (Å²) in [5.74, 6) is -1.07. The second-order valence-electron chi connectivity index (χ2n) is 9.46. The molecule has 190 valence electrons. The van der Waals surface area contributed by atoms with E-state index in [2.05, 4.69) is 15.6 Å². The minimum atomic E-state index is -0.961. The zero-order chi connectivity index (χ0) is 25.6. The van der Waals surface area contributed by atoms with Crippen LogP contribution in [0, 0.1) is 5.92 Å². The molecule has 0 radical (unpaired) electrons. The number of nitrogens with one attached hydrogen (secondary N) is 2. The number of Topliss-reactive ketones (excluding diaryl/α,β-unsaturated/α-hetero) is 1. The molecule has 2 rings (SSSR count). The number of hydrogen-bond acceptors (Lipinski definition) is 9. The van der Waals surface area contributed by atoms with E-state index >= 15 is 0 Å². The van der Waals surface area contributed by atoms with Crippen LogP contribution < -0.4 is 16.3 Å². The number of rotatable bonds is 9. The van der Waals surface area contributed by atoms with E-state index in [1.54, 1.807) is 20.8 Å². The fourth-order valence-electron chi connectivity index (χ4n) is 3.18. The Hall–Kier alpha value is -2.83. The van der Waals surface area contributed by atoms with Crippen LogP contribution >= 0.6 is 0 Å². The van der Waals surface area contributed by atoms with Gasteiger partial charge in [0.05, 0.1) is 19.3 Å². The first-order valence-corrected chi connectivity index (χ1v) is 11.1. The van der Waals surface area contributed by atoms with E-state index in [1.807, 2.05) is 13.8 Å². The first kappa shape index (κ1) is 27.4. The van der Waals surface area contributed by atoms with Gasteiger partial charge in [-0.05, 0) is 46.1 Å². The maximum atomic E-state index is 13.1. The predicted octanol–water partition coefficient (Wildman–Crippen LogP) is 0.734. The smallest absolute Gasteiger partial charge is 0.408 e. The summed E-state index contributed by atoms with van der Waals surface area (Å²) in [4.78, 5) is 54.1. The number of amides is 2. The van der Waals surface area contributed by atoms with Gasteiger partial charge in [-0.15, -0.1) is 0 Å². The summed E-state index contributed by atoms with van der Waals surface area (Å²) >= 11 is 0. The summed E-state index contributed by atoms with van der Waals surface area (Å²) in [6.07, 6.45) is -0.704. The number of ketones is 1. The van der Waals surface area contributed by atoms with Crippen LogP contribution in [0.25, 0.3) is 0 Å². The number of carbonyl (C=O) groups excluding carboxylic acids is 3. The van der Waals surface area contributed by atoms with Gasteiger partial charge in [0.1, 0.15) is 17.3 Å². The molecule has 34 heavy (non-hydrogen) atoms. The average Bonchev–Trinajstić information content (AvgIpc) is 3.19. The Morgan fingerprint density at radius 2 is 1.94 bits per heavy atom. The molecule has 1 saturated heterocycles. The first-order chi connectivity index (χ1) is 15.8. The monoisotopic (exact) mass is 482 g/mol. The fourth-order valence-corrected chi connectivity index (χ4v) is 3.18. The highest BCUT2D eigenvalue weighted by atomic mass is 16.7. The van der Waals surface area contributed by atoms with E-state index in [0.717, 1.165) is 4.57 Å². The van der Waals surface area contributed by atoms with Crippen LogP contribution in [-0.2, 0) is 19.0 Å². The number of hydrogen-bond donors (Lipinski definition) is 3.